The topological polar surface area (TPSA) is 133 Å². The number of fused-ring (bicyclic) bond motifs is 1. The lowest BCUT2D eigenvalue weighted by molar-refractivity contribution is -0.141. The Morgan fingerprint density at radius 1 is 1.43 bits per heavy atom. The van der Waals surface area contributed by atoms with E-state index in [9.17, 15) is 23.1 Å². The highest BCUT2D eigenvalue weighted by Crippen LogP contribution is 2.25. The van der Waals surface area contributed by atoms with Gasteiger partial charge < -0.3 is 15.5 Å². The molecule has 0 bridgehead atoms. The van der Waals surface area contributed by atoms with Crippen LogP contribution in [-0.4, -0.2) is 42.7 Å². The van der Waals surface area contributed by atoms with Gasteiger partial charge in [-0.1, -0.05) is 0 Å². The molecular formula is C12H14N2O6S. The molecule has 1 aromatic rings. The third kappa shape index (κ3) is 3.20. The summed E-state index contributed by atoms with van der Waals surface area (Å²) >= 11 is 0. The quantitative estimate of drug-likeness (QED) is 0.567. The number of carboxylic acid groups (broad SMARTS) is 1. The first-order chi connectivity index (χ1) is 9.70. The summed E-state index contributed by atoms with van der Waals surface area (Å²) in [6.45, 7) is 1.17. The van der Waals surface area contributed by atoms with E-state index in [1.165, 1.54) is 25.1 Å². The number of sulfonamides is 1. The van der Waals surface area contributed by atoms with Gasteiger partial charge in [-0.05, 0) is 30.7 Å². The van der Waals surface area contributed by atoms with Crippen LogP contribution in [0.2, 0.25) is 0 Å². The van der Waals surface area contributed by atoms with E-state index in [1.54, 1.807) is 0 Å². The number of hydrogen-bond donors (Lipinski definition) is 4. The minimum atomic E-state index is -4.12. The summed E-state index contributed by atoms with van der Waals surface area (Å²) in [6.07, 6.45) is -1.33. The lowest BCUT2D eigenvalue weighted by Crippen LogP contribution is -2.47. The zero-order chi connectivity index (χ0) is 15.8. The average molecular weight is 314 g/mol. The predicted molar refractivity (Wildman–Crippen MR) is 72.2 cm³/mol. The molecule has 1 aliphatic heterocycles. The molecular weight excluding hydrogens is 300 g/mol. The molecule has 2 unspecified atom stereocenters. The minimum absolute atomic E-state index is 0.0669. The van der Waals surface area contributed by atoms with Crippen molar-refractivity contribution in [2.75, 3.05) is 5.32 Å². The van der Waals surface area contributed by atoms with Crippen molar-refractivity contribution in [1.29, 1.82) is 0 Å². The number of amides is 1. The Labute approximate surface area is 120 Å². The molecule has 0 radical (unpaired) electrons. The van der Waals surface area contributed by atoms with Gasteiger partial charge in [-0.15, -0.1) is 0 Å². The molecule has 0 aliphatic carbocycles. The van der Waals surface area contributed by atoms with Crippen LogP contribution in [0.15, 0.2) is 23.1 Å². The molecule has 0 fully saturated rings. The van der Waals surface area contributed by atoms with E-state index in [0.717, 1.165) is 0 Å². The van der Waals surface area contributed by atoms with E-state index in [0.29, 0.717) is 11.3 Å². The third-order valence-electron chi connectivity index (χ3n) is 3.04. The van der Waals surface area contributed by atoms with Crippen molar-refractivity contribution >= 4 is 27.6 Å². The van der Waals surface area contributed by atoms with E-state index in [1.807, 2.05) is 4.72 Å². The number of rotatable bonds is 5. The highest BCUT2D eigenvalue weighted by atomic mass is 32.2. The van der Waals surface area contributed by atoms with Gasteiger partial charge in [-0.2, -0.15) is 4.72 Å². The Morgan fingerprint density at radius 2 is 2.10 bits per heavy atom. The van der Waals surface area contributed by atoms with Gasteiger partial charge in [0, 0.05) is 5.69 Å². The van der Waals surface area contributed by atoms with E-state index in [-0.39, 0.29) is 17.2 Å². The summed E-state index contributed by atoms with van der Waals surface area (Å²) < 4.78 is 26.2. The van der Waals surface area contributed by atoms with Crippen molar-refractivity contribution in [3.8, 4) is 0 Å². The van der Waals surface area contributed by atoms with Gasteiger partial charge in [0.1, 0.15) is 6.04 Å². The van der Waals surface area contributed by atoms with Crippen LogP contribution in [-0.2, 0) is 26.0 Å². The number of carbonyl (C=O) groups is 2. The molecule has 0 saturated heterocycles. The van der Waals surface area contributed by atoms with Crippen molar-refractivity contribution < 1.29 is 28.2 Å². The largest absolute Gasteiger partial charge is 0.480 e. The van der Waals surface area contributed by atoms with E-state index in [4.69, 9.17) is 5.11 Å². The van der Waals surface area contributed by atoms with Crippen LogP contribution in [0.3, 0.4) is 0 Å². The summed E-state index contributed by atoms with van der Waals surface area (Å²) in [6, 6.07) is 2.35. The second kappa shape index (κ2) is 5.43. The molecule has 0 saturated carbocycles. The Balaban J connectivity index is 2.30. The highest BCUT2D eigenvalue weighted by molar-refractivity contribution is 7.89. The highest BCUT2D eigenvalue weighted by Gasteiger charge is 2.30. The van der Waals surface area contributed by atoms with E-state index >= 15 is 0 Å². The van der Waals surface area contributed by atoms with Crippen LogP contribution < -0.4 is 10.0 Å². The van der Waals surface area contributed by atoms with Gasteiger partial charge in [-0.25, -0.2) is 8.42 Å². The van der Waals surface area contributed by atoms with Crippen LogP contribution in [0, 0.1) is 0 Å². The van der Waals surface area contributed by atoms with Gasteiger partial charge in [0.15, 0.2) is 0 Å². The molecule has 1 aromatic carbocycles. The van der Waals surface area contributed by atoms with Crippen LogP contribution >= 0.6 is 0 Å². The number of carbonyl (C=O) groups excluding carboxylic acids is 1. The number of carboxylic acids is 1. The first kappa shape index (κ1) is 15.4. The summed E-state index contributed by atoms with van der Waals surface area (Å²) in [5, 5.41) is 20.8. The Bertz CT molecular complexity index is 698. The van der Waals surface area contributed by atoms with Gasteiger partial charge in [0.2, 0.25) is 15.9 Å². The smallest absolute Gasteiger partial charge is 0.324 e. The van der Waals surface area contributed by atoms with Gasteiger partial charge >= 0.3 is 5.97 Å². The van der Waals surface area contributed by atoms with Crippen molar-refractivity contribution in [3.63, 3.8) is 0 Å². The Kier molecular flexibility index (Phi) is 3.99. The summed E-state index contributed by atoms with van der Waals surface area (Å²) in [7, 11) is -4.12. The second-order valence-corrected chi connectivity index (χ2v) is 6.44. The first-order valence-corrected chi connectivity index (χ1v) is 7.55. The van der Waals surface area contributed by atoms with Crippen molar-refractivity contribution in [2.24, 2.45) is 0 Å². The monoisotopic (exact) mass is 314 g/mol. The maximum absolute atomic E-state index is 12.1. The molecule has 4 N–H and O–H groups in total. The molecule has 21 heavy (non-hydrogen) atoms. The molecule has 8 nitrogen and oxygen atoms in total. The number of aliphatic hydroxyl groups is 1. The van der Waals surface area contributed by atoms with E-state index in [2.05, 4.69) is 5.32 Å². The number of aliphatic carboxylic acids is 1. The summed E-state index contributed by atoms with van der Waals surface area (Å²) in [5.74, 6) is -1.72. The number of aliphatic hydroxyl groups excluding tert-OH is 1. The molecule has 1 heterocycles. The fourth-order valence-corrected chi connectivity index (χ4v) is 3.28. The summed E-state index contributed by atoms with van der Waals surface area (Å²) in [5.41, 5.74) is 1.05. The fraction of sp³-hybridized carbons (Fsp3) is 0.333. The Morgan fingerprint density at radius 3 is 2.67 bits per heavy atom. The van der Waals surface area contributed by atoms with Gasteiger partial charge in [0.05, 0.1) is 17.4 Å². The van der Waals surface area contributed by atoms with Crippen molar-refractivity contribution in [3.05, 3.63) is 23.8 Å². The molecule has 1 amide bonds. The summed E-state index contributed by atoms with van der Waals surface area (Å²) in [4.78, 5) is 22.0. The Hall–Kier alpha value is -1.97. The van der Waals surface area contributed by atoms with Crippen molar-refractivity contribution in [2.45, 2.75) is 30.4 Å². The molecule has 9 heteroatoms. The van der Waals surface area contributed by atoms with E-state index < -0.39 is 28.1 Å². The second-order valence-electron chi connectivity index (χ2n) is 4.72. The minimum Gasteiger partial charge on any atom is -0.480 e. The molecule has 0 aromatic heterocycles. The van der Waals surface area contributed by atoms with Gasteiger partial charge in [-0.3, -0.25) is 9.59 Å². The first-order valence-electron chi connectivity index (χ1n) is 6.06. The van der Waals surface area contributed by atoms with Crippen LogP contribution in [0.4, 0.5) is 5.69 Å². The predicted octanol–water partition coefficient (Wildman–Crippen LogP) is -0.706. The maximum Gasteiger partial charge on any atom is 0.324 e. The molecule has 114 valence electrons. The third-order valence-corrected chi connectivity index (χ3v) is 4.48. The molecule has 2 rings (SSSR count). The number of benzene rings is 1. The SMILES string of the molecule is CC(O)C(NS(=O)(=O)c1ccc2c(c1)CC(=O)N2)C(=O)O. The normalized spacial score (nSPS) is 17.0. The number of hydrogen-bond acceptors (Lipinski definition) is 5. The van der Waals surface area contributed by atoms with Crippen LogP contribution in [0.5, 0.6) is 0 Å². The zero-order valence-electron chi connectivity index (χ0n) is 11.0. The average Bonchev–Trinajstić information content (AvgIpc) is 2.74. The molecule has 1 aliphatic rings. The molecule has 2 atom stereocenters. The lowest BCUT2D eigenvalue weighted by Gasteiger charge is -2.17. The standard InChI is InChI=1S/C12H14N2O6S/c1-6(15)11(12(17)18)14-21(19,20)8-2-3-9-7(4-8)5-10(16)13-9/h2-4,6,11,14-15H,5H2,1H3,(H,13,16)(H,17,18). The van der Waals surface area contributed by atoms with Crippen molar-refractivity contribution in [1.82, 2.24) is 4.72 Å². The number of nitrogens with one attached hydrogen (secondary N) is 2. The zero-order valence-corrected chi connectivity index (χ0v) is 11.8. The van der Waals surface area contributed by atoms with Gasteiger partial charge in [0.25, 0.3) is 0 Å². The van der Waals surface area contributed by atoms with Crippen LogP contribution in [0.1, 0.15) is 12.5 Å². The van der Waals surface area contributed by atoms with Crippen LogP contribution in [0.25, 0.3) is 0 Å². The fourth-order valence-electron chi connectivity index (χ4n) is 1.96. The number of anilines is 1. The maximum atomic E-state index is 12.1. The lowest BCUT2D eigenvalue weighted by atomic mass is 10.2. The molecule has 0 spiro atoms.